The van der Waals surface area contributed by atoms with E-state index in [4.69, 9.17) is 0 Å². The highest BCUT2D eigenvalue weighted by atomic mass is 32.2. The number of carbonyl (C=O) groups excluding carboxylic acids is 2. The molecule has 1 aliphatic heterocycles. The third kappa shape index (κ3) is 4.49. The van der Waals surface area contributed by atoms with Gasteiger partial charge in [-0.1, -0.05) is 32.9 Å². The third-order valence-electron chi connectivity index (χ3n) is 3.18. The van der Waals surface area contributed by atoms with E-state index in [0.717, 1.165) is 18.7 Å². The summed E-state index contributed by atoms with van der Waals surface area (Å²) >= 11 is 1.61. The van der Waals surface area contributed by atoms with Crippen LogP contribution in [-0.2, 0) is 9.59 Å². The summed E-state index contributed by atoms with van der Waals surface area (Å²) in [7, 11) is 0. The maximum atomic E-state index is 12.1. The molecular weight excluding hydrogens is 284 g/mol. The lowest BCUT2D eigenvalue weighted by Gasteiger charge is -2.21. The fourth-order valence-corrected chi connectivity index (χ4v) is 2.82. The molecule has 0 atom stereocenters. The Morgan fingerprint density at radius 3 is 2.67 bits per heavy atom. The Kier molecular flexibility index (Phi) is 4.93. The molecule has 0 aliphatic carbocycles. The first kappa shape index (κ1) is 15.9. The Labute approximate surface area is 130 Å². The topological polar surface area (TPSA) is 49.4 Å². The summed E-state index contributed by atoms with van der Waals surface area (Å²) in [5.74, 6) is 0.501. The molecule has 1 heterocycles. The predicted molar refractivity (Wildman–Crippen MR) is 88.9 cm³/mol. The number of anilines is 2. The van der Waals surface area contributed by atoms with Crippen LogP contribution in [0, 0.1) is 0 Å². The smallest absolute Gasteiger partial charge is 0.234 e. The highest BCUT2D eigenvalue weighted by molar-refractivity contribution is 8.01. The van der Waals surface area contributed by atoms with Crippen LogP contribution in [-0.4, -0.2) is 28.9 Å². The lowest BCUT2D eigenvalue weighted by Crippen LogP contribution is -2.26. The highest BCUT2D eigenvalue weighted by Gasteiger charge is 2.24. The lowest BCUT2D eigenvalue weighted by atomic mass is 10.2. The van der Waals surface area contributed by atoms with Crippen LogP contribution in [0.15, 0.2) is 24.3 Å². The van der Waals surface area contributed by atoms with Gasteiger partial charge in [0, 0.05) is 17.7 Å². The molecule has 1 aromatic rings. The van der Waals surface area contributed by atoms with Crippen molar-refractivity contribution in [2.24, 2.45) is 0 Å². The van der Waals surface area contributed by atoms with Crippen molar-refractivity contribution in [2.45, 2.75) is 38.4 Å². The van der Waals surface area contributed by atoms with Gasteiger partial charge in [-0.25, -0.2) is 0 Å². The van der Waals surface area contributed by atoms with Crippen molar-refractivity contribution in [2.75, 3.05) is 22.5 Å². The summed E-state index contributed by atoms with van der Waals surface area (Å²) in [6.45, 7) is 6.98. The van der Waals surface area contributed by atoms with Crippen LogP contribution < -0.4 is 10.2 Å². The molecule has 1 fully saturated rings. The molecule has 0 spiro atoms. The number of rotatable bonds is 4. The second kappa shape index (κ2) is 6.52. The van der Waals surface area contributed by atoms with Crippen molar-refractivity contribution in [1.29, 1.82) is 0 Å². The van der Waals surface area contributed by atoms with Gasteiger partial charge in [0.2, 0.25) is 11.8 Å². The van der Waals surface area contributed by atoms with Crippen molar-refractivity contribution in [3.05, 3.63) is 24.3 Å². The predicted octanol–water partition coefficient (Wildman–Crippen LogP) is 3.28. The second-order valence-electron chi connectivity index (χ2n) is 6.12. The first-order valence-electron chi connectivity index (χ1n) is 7.20. The number of hydrogen-bond acceptors (Lipinski definition) is 3. The Bertz CT molecular complexity index is 537. The van der Waals surface area contributed by atoms with Crippen molar-refractivity contribution < 1.29 is 9.59 Å². The van der Waals surface area contributed by atoms with Crippen LogP contribution in [0.4, 0.5) is 11.4 Å². The quantitative estimate of drug-likeness (QED) is 0.928. The molecule has 1 aromatic carbocycles. The van der Waals surface area contributed by atoms with Gasteiger partial charge in [0.15, 0.2) is 0 Å². The Balaban J connectivity index is 2.06. The number of carbonyl (C=O) groups is 2. The maximum Gasteiger partial charge on any atom is 0.234 e. The molecule has 0 radical (unpaired) electrons. The maximum absolute atomic E-state index is 12.1. The van der Waals surface area contributed by atoms with Gasteiger partial charge in [-0.15, -0.1) is 11.8 Å². The first-order valence-corrected chi connectivity index (χ1v) is 8.18. The van der Waals surface area contributed by atoms with E-state index in [0.29, 0.717) is 17.9 Å². The van der Waals surface area contributed by atoms with Crippen LogP contribution >= 0.6 is 11.8 Å². The second-order valence-corrected chi connectivity index (χ2v) is 7.92. The molecule has 0 saturated carbocycles. The molecule has 21 heavy (non-hydrogen) atoms. The average Bonchev–Trinajstić information content (AvgIpc) is 2.82. The SMILES string of the molecule is CC(C)(C)SCC(=O)Nc1ccccc1N1CCCC1=O. The van der Waals surface area contributed by atoms with Gasteiger partial charge in [0.05, 0.1) is 17.1 Å². The van der Waals surface area contributed by atoms with Crippen molar-refractivity contribution >= 4 is 35.0 Å². The van der Waals surface area contributed by atoms with E-state index in [1.165, 1.54) is 0 Å². The number of thioether (sulfide) groups is 1. The molecule has 1 saturated heterocycles. The van der Waals surface area contributed by atoms with Gasteiger partial charge < -0.3 is 10.2 Å². The number of para-hydroxylation sites is 2. The van der Waals surface area contributed by atoms with E-state index < -0.39 is 0 Å². The van der Waals surface area contributed by atoms with E-state index in [9.17, 15) is 9.59 Å². The summed E-state index contributed by atoms with van der Waals surface area (Å²) in [5, 5.41) is 2.93. The van der Waals surface area contributed by atoms with E-state index in [2.05, 4.69) is 26.1 Å². The van der Waals surface area contributed by atoms with Crippen LogP contribution in [0.3, 0.4) is 0 Å². The summed E-state index contributed by atoms with van der Waals surface area (Å²) < 4.78 is 0.0573. The minimum Gasteiger partial charge on any atom is -0.324 e. The molecule has 1 N–H and O–H groups in total. The normalized spacial score (nSPS) is 15.4. The van der Waals surface area contributed by atoms with Crippen LogP contribution in [0.2, 0.25) is 0 Å². The third-order valence-corrected chi connectivity index (χ3v) is 4.45. The molecule has 2 rings (SSSR count). The Hall–Kier alpha value is -1.49. The fourth-order valence-electron chi connectivity index (χ4n) is 2.19. The highest BCUT2D eigenvalue weighted by Crippen LogP contribution is 2.30. The largest absolute Gasteiger partial charge is 0.324 e. The van der Waals surface area contributed by atoms with Gasteiger partial charge in [-0.3, -0.25) is 9.59 Å². The van der Waals surface area contributed by atoms with E-state index >= 15 is 0 Å². The van der Waals surface area contributed by atoms with E-state index in [1.807, 2.05) is 24.3 Å². The summed E-state index contributed by atoms with van der Waals surface area (Å²) in [6, 6.07) is 7.49. The molecular formula is C16H22N2O2S. The van der Waals surface area contributed by atoms with Gasteiger partial charge >= 0.3 is 0 Å². The zero-order chi connectivity index (χ0) is 15.5. The molecule has 114 valence electrons. The van der Waals surface area contributed by atoms with E-state index in [1.54, 1.807) is 16.7 Å². The summed E-state index contributed by atoms with van der Waals surface area (Å²) in [4.78, 5) is 25.7. The van der Waals surface area contributed by atoms with Crippen LogP contribution in [0.25, 0.3) is 0 Å². The molecule has 1 aliphatic rings. The molecule has 2 amide bonds. The van der Waals surface area contributed by atoms with Gasteiger partial charge in [-0.2, -0.15) is 0 Å². The molecule has 0 aromatic heterocycles. The summed E-state index contributed by atoms with van der Waals surface area (Å²) in [5.41, 5.74) is 1.52. The minimum absolute atomic E-state index is 0.0333. The molecule has 4 nitrogen and oxygen atoms in total. The number of amides is 2. The average molecular weight is 306 g/mol. The summed E-state index contributed by atoms with van der Waals surface area (Å²) in [6.07, 6.45) is 1.46. The number of benzene rings is 1. The van der Waals surface area contributed by atoms with Crippen molar-refractivity contribution in [1.82, 2.24) is 0 Å². The van der Waals surface area contributed by atoms with Crippen molar-refractivity contribution in [3.8, 4) is 0 Å². The number of nitrogens with zero attached hydrogens (tertiary/aromatic N) is 1. The first-order chi connectivity index (χ1) is 9.87. The molecule has 0 unspecified atom stereocenters. The molecule has 0 bridgehead atoms. The standard InChI is InChI=1S/C16H22N2O2S/c1-16(2,3)21-11-14(19)17-12-7-4-5-8-13(12)18-10-6-9-15(18)20/h4-5,7-8H,6,9-11H2,1-3H3,(H,17,19). The fraction of sp³-hybridized carbons (Fsp3) is 0.500. The van der Waals surface area contributed by atoms with Crippen molar-refractivity contribution in [3.63, 3.8) is 0 Å². The van der Waals surface area contributed by atoms with E-state index in [-0.39, 0.29) is 16.6 Å². The monoisotopic (exact) mass is 306 g/mol. The zero-order valence-electron chi connectivity index (χ0n) is 12.8. The van der Waals surface area contributed by atoms with Gasteiger partial charge in [0.25, 0.3) is 0 Å². The Morgan fingerprint density at radius 1 is 1.33 bits per heavy atom. The van der Waals surface area contributed by atoms with Gasteiger partial charge in [-0.05, 0) is 18.6 Å². The lowest BCUT2D eigenvalue weighted by molar-refractivity contribution is -0.117. The van der Waals surface area contributed by atoms with Gasteiger partial charge in [0.1, 0.15) is 0 Å². The number of hydrogen-bond donors (Lipinski definition) is 1. The molecule has 5 heteroatoms. The number of nitrogens with one attached hydrogen (secondary N) is 1. The Morgan fingerprint density at radius 2 is 2.05 bits per heavy atom. The minimum atomic E-state index is -0.0333. The van der Waals surface area contributed by atoms with Crippen LogP contribution in [0.1, 0.15) is 33.6 Å². The van der Waals surface area contributed by atoms with Crippen LogP contribution in [0.5, 0.6) is 0 Å². The zero-order valence-corrected chi connectivity index (χ0v) is 13.6.